The molecule has 2 aromatic carbocycles. The lowest BCUT2D eigenvalue weighted by atomic mass is 9.86. The van der Waals surface area contributed by atoms with Crippen molar-refractivity contribution in [3.63, 3.8) is 0 Å². The molecule has 0 aliphatic rings. The van der Waals surface area contributed by atoms with Crippen LogP contribution in [0.3, 0.4) is 0 Å². The molecule has 0 radical (unpaired) electrons. The van der Waals surface area contributed by atoms with Crippen LogP contribution in [0.1, 0.15) is 36.8 Å². The lowest BCUT2D eigenvalue weighted by Crippen LogP contribution is -2.16. The third-order valence-corrected chi connectivity index (χ3v) is 4.96. The van der Waals surface area contributed by atoms with Crippen LogP contribution in [-0.2, 0) is 4.79 Å². The lowest BCUT2D eigenvalue weighted by Gasteiger charge is -2.18. The van der Waals surface area contributed by atoms with E-state index < -0.39 is 0 Å². The Morgan fingerprint density at radius 1 is 0.864 bits per heavy atom. The molecule has 22 heavy (non-hydrogen) atoms. The minimum absolute atomic E-state index is 0.00276. The van der Waals surface area contributed by atoms with Crippen LogP contribution >= 0.6 is 31.9 Å². The Hall–Kier alpha value is -1.07. The van der Waals surface area contributed by atoms with E-state index in [2.05, 4.69) is 31.9 Å². The third kappa shape index (κ3) is 3.63. The largest absolute Gasteiger partial charge is 0.298 e. The van der Waals surface area contributed by atoms with Gasteiger partial charge in [0.15, 0.2) is 0 Å². The van der Waals surface area contributed by atoms with Crippen molar-refractivity contribution < 1.29 is 13.6 Å². The molecule has 116 valence electrons. The SMILES string of the molecule is CC(C(=O)C(C)c1ccc(F)c(Br)c1)c1ccc(F)c(Br)c1. The highest BCUT2D eigenvalue weighted by Crippen LogP contribution is 2.30. The van der Waals surface area contributed by atoms with Crippen LogP contribution in [0.4, 0.5) is 8.78 Å². The van der Waals surface area contributed by atoms with E-state index in [1.165, 1.54) is 12.1 Å². The second-order valence-corrected chi connectivity index (χ2v) is 6.90. The first-order valence-corrected chi connectivity index (χ1v) is 8.33. The molecule has 2 aromatic rings. The fraction of sp³-hybridized carbons (Fsp3) is 0.235. The predicted molar refractivity (Wildman–Crippen MR) is 90.0 cm³/mol. The first-order chi connectivity index (χ1) is 10.3. The molecule has 5 heteroatoms. The molecule has 2 atom stereocenters. The summed E-state index contributed by atoms with van der Waals surface area (Å²) in [5, 5.41) is 0. The van der Waals surface area contributed by atoms with Crippen LogP contribution < -0.4 is 0 Å². The molecule has 2 rings (SSSR count). The summed E-state index contributed by atoms with van der Waals surface area (Å²) in [5.41, 5.74) is 1.48. The Morgan fingerprint density at radius 2 is 1.23 bits per heavy atom. The molecular formula is C17H14Br2F2O. The molecule has 0 aliphatic heterocycles. The second kappa shape index (κ2) is 7.01. The molecule has 0 fully saturated rings. The standard InChI is InChI=1S/C17H14Br2F2O/c1-9(11-3-5-15(20)13(18)7-11)17(22)10(2)12-4-6-16(21)14(19)8-12/h3-10H,1-2H3. The van der Waals surface area contributed by atoms with E-state index in [-0.39, 0.29) is 29.3 Å². The molecule has 0 bridgehead atoms. The van der Waals surface area contributed by atoms with Crippen LogP contribution in [0.2, 0.25) is 0 Å². The van der Waals surface area contributed by atoms with Gasteiger partial charge in [0.2, 0.25) is 0 Å². The molecule has 0 N–H and O–H groups in total. The molecule has 0 saturated carbocycles. The van der Waals surface area contributed by atoms with E-state index in [1.807, 2.05) is 0 Å². The fourth-order valence-corrected chi connectivity index (χ4v) is 3.06. The summed E-state index contributed by atoms with van der Waals surface area (Å²) in [6.07, 6.45) is 0. The van der Waals surface area contributed by atoms with E-state index in [0.717, 1.165) is 11.1 Å². The molecule has 0 spiro atoms. The van der Waals surface area contributed by atoms with Gasteiger partial charge in [0.1, 0.15) is 17.4 Å². The molecule has 0 saturated heterocycles. The monoisotopic (exact) mass is 430 g/mol. The lowest BCUT2D eigenvalue weighted by molar-refractivity contribution is -0.121. The van der Waals surface area contributed by atoms with Crippen molar-refractivity contribution in [1.29, 1.82) is 0 Å². The van der Waals surface area contributed by atoms with Gasteiger partial charge in [-0.05, 0) is 67.3 Å². The van der Waals surface area contributed by atoms with Gasteiger partial charge in [-0.25, -0.2) is 8.78 Å². The fourth-order valence-electron chi connectivity index (χ4n) is 2.27. The number of carbonyl (C=O) groups excluding carboxylic acids is 1. The Morgan fingerprint density at radius 3 is 1.55 bits per heavy atom. The van der Waals surface area contributed by atoms with Gasteiger partial charge >= 0.3 is 0 Å². The highest BCUT2D eigenvalue weighted by atomic mass is 79.9. The quantitative estimate of drug-likeness (QED) is 0.583. The van der Waals surface area contributed by atoms with Crippen LogP contribution in [0, 0.1) is 11.6 Å². The first-order valence-electron chi connectivity index (χ1n) is 6.75. The molecule has 0 aliphatic carbocycles. The van der Waals surface area contributed by atoms with Crippen molar-refractivity contribution in [1.82, 2.24) is 0 Å². The summed E-state index contributed by atoms with van der Waals surface area (Å²) < 4.78 is 27.3. The van der Waals surface area contributed by atoms with E-state index in [1.54, 1.807) is 38.1 Å². The van der Waals surface area contributed by atoms with Gasteiger partial charge in [-0.15, -0.1) is 0 Å². The van der Waals surface area contributed by atoms with Crippen LogP contribution in [-0.4, -0.2) is 5.78 Å². The average molecular weight is 432 g/mol. The highest BCUT2D eigenvalue weighted by molar-refractivity contribution is 9.10. The van der Waals surface area contributed by atoms with Gasteiger partial charge in [0.05, 0.1) is 8.95 Å². The minimum Gasteiger partial charge on any atom is -0.298 e. The first kappa shape index (κ1) is 17.3. The number of hydrogen-bond acceptors (Lipinski definition) is 1. The third-order valence-electron chi connectivity index (χ3n) is 3.74. The zero-order valence-electron chi connectivity index (χ0n) is 12.0. The number of carbonyl (C=O) groups is 1. The number of halogens is 4. The summed E-state index contributed by atoms with van der Waals surface area (Å²) in [5.74, 6) is -1.48. The van der Waals surface area contributed by atoms with Gasteiger partial charge in [-0.3, -0.25) is 4.79 Å². The van der Waals surface area contributed by atoms with Gasteiger partial charge < -0.3 is 0 Å². The van der Waals surface area contributed by atoms with Crippen molar-refractivity contribution in [2.45, 2.75) is 25.7 Å². The maximum absolute atomic E-state index is 13.3. The maximum atomic E-state index is 13.3. The predicted octanol–water partition coefficient (Wildman–Crippen LogP) is 5.97. The van der Waals surface area contributed by atoms with Crippen LogP contribution in [0.25, 0.3) is 0 Å². The normalized spacial score (nSPS) is 13.7. The van der Waals surface area contributed by atoms with Crippen molar-refractivity contribution in [3.05, 3.63) is 68.1 Å². The smallest absolute Gasteiger partial charge is 0.147 e. The summed E-state index contributed by atoms with van der Waals surface area (Å²) in [6, 6.07) is 9.12. The molecule has 0 aromatic heterocycles. The number of rotatable bonds is 4. The summed E-state index contributed by atoms with van der Waals surface area (Å²) >= 11 is 6.26. The van der Waals surface area contributed by atoms with E-state index >= 15 is 0 Å². The summed E-state index contributed by atoms with van der Waals surface area (Å²) in [6.45, 7) is 3.58. The highest BCUT2D eigenvalue weighted by Gasteiger charge is 2.23. The Kier molecular flexibility index (Phi) is 5.50. The number of Topliss-reactive ketones (excluding diaryl/α,β-unsaturated/α-hetero) is 1. The van der Waals surface area contributed by atoms with Crippen molar-refractivity contribution >= 4 is 37.6 Å². The molecular weight excluding hydrogens is 418 g/mol. The van der Waals surface area contributed by atoms with Crippen molar-refractivity contribution in [2.24, 2.45) is 0 Å². The number of hydrogen-bond donors (Lipinski definition) is 0. The minimum atomic E-state index is -0.379. The van der Waals surface area contributed by atoms with Gasteiger partial charge in [0.25, 0.3) is 0 Å². The van der Waals surface area contributed by atoms with Crippen LogP contribution in [0.5, 0.6) is 0 Å². The Labute approximate surface area is 145 Å². The van der Waals surface area contributed by atoms with Gasteiger partial charge in [-0.1, -0.05) is 26.0 Å². The topological polar surface area (TPSA) is 17.1 Å². The maximum Gasteiger partial charge on any atom is 0.147 e. The van der Waals surface area contributed by atoms with Crippen molar-refractivity contribution in [2.75, 3.05) is 0 Å². The second-order valence-electron chi connectivity index (χ2n) is 5.19. The molecule has 0 heterocycles. The zero-order valence-corrected chi connectivity index (χ0v) is 15.2. The van der Waals surface area contributed by atoms with Crippen LogP contribution in [0.15, 0.2) is 45.3 Å². The van der Waals surface area contributed by atoms with Crippen molar-refractivity contribution in [3.8, 4) is 0 Å². The average Bonchev–Trinajstić information content (AvgIpc) is 2.50. The van der Waals surface area contributed by atoms with E-state index in [9.17, 15) is 13.6 Å². The zero-order chi connectivity index (χ0) is 16.4. The number of benzene rings is 2. The number of ketones is 1. The molecule has 0 amide bonds. The Balaban J connectivity index is 2.25. The summed E-state index contributed by atoms with van der Waals surface area (Å²) in [7, 11) is 0. The molecule has 2 unspecified atom stereocenters. The van der Waals surface area contributed by atoms with E-state index in [0.29, 0.717) is 8.95 Å². The molecule has 1 nitrogen and oxygen atoms in total. The van der Waals surface area contributed by atoms with Gasteiger partial charge in [0, 0.05) is 11.8 Å². The summed E-state index contributed by atoms with van der Waals surface area (Å²) in [4.78, 5) is 12.6. The van der Waals surface area contributed by atoms with Gasteiger partial charge in [-0.2, -0.15) is 0 Å². The Bertz CT molecular complexity index is 656. The van der Waals surface area contributed by atoms with E-state index in [4.69, 9.17) is 0 Å².